The van der Waals surface area contributed by atoms with Crippen LogP contribution in [0.5, 0.6) is 0 Å². The van der Waals surface area contributed by atoms with Crippen molar-refractivity contribution in [2.75, 3.05) is 26.4 Å². The van der Waals surface area contributed by atoms with E-state index >= 15 is 0 Å². The van der Waals surface area contributed by atoms with Crippen LogP contribution in [0.25, 0.3) is 0 Å². The van der Waals surface area contributed by atoms with Crippen molar-refractivity contribution in [2.45, 2.75) is 33.2 Å². The van der Waals surface area contributed by atoms with E-state index < -0.39 is 0 Å². The number of esters is 1. The zero-order valence-corrected chi connectivity index (χ0v) is 9.84. The second kappa shape index (κ2) is 5.47. The van der Waals surface area contributed by atoms with E-state index in [1.807, 2.05) is 20.8 Å². The third-order valence-corrected chi connectivity index (χ3v) is 2.12. The van der Waals surface area contributed by atoms with E-state index in [-0.39, 0.29) is 17.4 Å². The van der Waals surface area contributed by atoms with Crippen LogP contribution in [-0.4, -0.2) is 38.4 Å². The number of ether oxygens (including phenoxy) is 2. The van der Waals surface area contributed by atoms with Gasteiger partial charge in [0.25, 0.3) is 0 Å². The molecule has 0 unspecified atom stereocenters. The van der Waals surface area contributed by atoms with Crippen LogP contribution in [0.15, 0.2) is 0 Å². The predicted molar refractivity (Wildman–Crippen MR) is 57.6 cm³/mol. The van der Waals surface area contributed by atoms with E-state index in [2.05, 4.69) is 5.32 Å². The zero-order valence-electron chi connectivity index (χ0n) is 9.84. The number of morpholine rings is 1. The van der Waals surface area contributed by atoms with Crippen molar-refractivity contribution in [1.82, 2.24) is 5.32 Å². The van der Waals surface area contributed by atoms with Crippen molar-refractivity contribution in [3.05, 3.63) is 0 Å². The second-order valence-corrected chi connectivity index (χ2v) is 5.15. The molecule has 0 aliphatic carbocycles. The summed E-state index contributed by atoms with van der Waals surface area (Å²) in [5, 5.41) is 3.24. The van der Waals surface area contributed by atoms with Crippen molar-refractivity contribution < 1.29 is 14.3 Å². The summed E-state index contributed by atoms with van der Waals surface area (Å²) in [6.45, 7) is 8.69. The van der Waals surface area contributed by atoms with E-state index in [0.29, 0.717) is 19.6 Å². The summed E-state index contributed by atoms with van der Waals surface area (Å²) in [6.07, 6.45) is 0.459. The molecule has 4 nitrogen and oxygen atoms in total. The molecule has 1 atom stereocenters. The maximum Gasteiger partial charge on any atom is 0.306 e. The Hall–Kier alpha value is -0.610. The number of carbonyl (C=O) groups excluding carboxylic acids is 1. The highest BCUT2D eigenvalue weighted by atomic mass is 16.5. The van der Waals surface area contributed by atoms with Crippen molar-refractivity contribution in [3.63, 3.8) is 0 Å². The lowest BCUT2D eigenvalue weighted by Gasteiger charge is -2.24. The van der Waals surface area contributed by atoms with Crippen LogP contribution >= 0.6 is 0 Å². The molecule has 88 valence electrons. The lowest BCUT2D eigenvalue weighted by atomic mass is 9.92. The minimum absolute atomic E-state index is 0.00637. The highest BCUT2D eigenvalue weighted by Crippen LogP contribution is 2.18. The lowest BCUT2D eigenvalue weighted by Crippen LogP contribution is -2.44. The predicted octanol–water partition coefficient (Wildman–Crippen LogP) is 0.954. The second-order valence-electron chi connectivity index (χ2n) is 5.15. The van der Waals surface area contributed by atoms with Gasteiger partial charge in [-0.3, -0.25) is 4.79 Å². The first kappa shape index (κ1) is 12.5. The van der Waals surface area contributed by atoms with E-state index in [4.69, 9.17) is 9.47 Å². The standard InChI is InChI=1S/C11H21NO3/c1-11(2,3)6-10(13)15-8-9-7-14-5-4-12-9/h9,12H,4-8H2,1-3H3/t9-/m0/s1. The molecule has 1 aliphatic rings. The van der Waals surface area contributed by atoms with Crippen LogP contribution in [0.2, 0.25) is 0 Å². The van der Waals surface area contributed by atoms with Gasteiger partial charge in [0.2, 0.25) is 0 Å². The van der Waals surface area contributed by atoms with Crippen LogP contribution in [0, 0.1) is 5.41 Å². The largest absolute Gasteiger partial charge is 0.464 e. The molecule has 0 radical (unpaired) electrons. The molecular weight excluding hydrogens is 194 g/mol. The van der Waals surface area contributed by atoms with Gasteiger partial charge < -0.3 is 14.8 Å². The Balaban J connectivity index is 2.15. The van der Waals surface area contributed by atoms with Crippen molar-refractivity contribution in [3.8, 4) is 0 Å². The van der Waals surface area contributed by atoms with Gasteiger partial charge in [-0.05, 0) is 5.41 Å². The Morgan fingerprint density at radius 2 is 2.27 bits per heavy atom. The molecular formula is C11H21NO3. The molecule has 1 aliphatic heterocycles. The normalized spacial score (nSPS) is 22.5. The van der Waals surface area contributed by atoms with Gasteiger partial charge in [0.15, 0.2) is 0 Å². The van der Waals surface area contributed by atoms with E-state index in [0.717, 1.165) is 13.2 Å². The van der Waals surface area contributed by atoms with Crippen molar-refractivity contribution in [2.24, 2.45) is 5.41 Å². The summed E-state index contributed by atoms with van der Waals surface area (Å²) >= 11 is 0. The summed E-state index contributed by atoms with van der Waals surface area (Å²) in [4.78, 5) is 11.4. The maximum atomic E-state index is 11.4. The van der Waals surface area contributed by atoms with Gasteiger partial charge in [0.1, 0.15) is 6.61 Å². The molecule has 0 aromatic carbocycles. The Morgan fingerprint density at radius 1 is 1.53 bits per heavy atom. The smallest absolute Gasteiger partial charge is 0.306 e. The zero-order chi connectivity index (χ0) is 11.3. The van der Waals surface area contributed by atoms with Crippen LogP contribution in [0.1, 0.15) is 27.2 Å². The molecule has 0 amide bonds. The fourth-order valence-corrected chi connectivity index (χ4v) is 1.40. The van der Waals surface area contributed by atoms with Crippen LogP contribution in [0.4, 0.5) is 0 Å². The third-order valence-electron chi connectivity index (χ3n) is 2.12. The van der Waals surface area contributed by atoms with Gasteiger partial charge in [-0.15, -0.1) is 0 Å². The molecule has 15 heavy (non-hydrogen) atoms. The molecule has 1 N–H and O–H groups in total. The molecule has 1 saturated heterocycles. The SMILES string of the molecule is CC(C)(C)CC(=O)OC[C@@H]1COCCN1. The number of hydrogen-bond donors (Lipinski definition) is 1. The minimum Gasteiger partial charge on any atom is -0.464 e. The summed E-state index contributed by atoms with van der Waals surface area (Å²) in [5.74, 6) is -0.130. The summed E-state index contributed by atoms with van der Waals surface area (Å²) in [7, 11) is 0. The van der Waals surface area contributed by atoms with Crippen molar-refractivity contribution in [1.29, 1.82) is 0 Å². The quantitative estimate of drug-likeness (QED) is 0.712. The Bertz CT molecular complexity index is 204. The van der Waals surface area contributed by atoms with Gasteiger partial charge in [0.05, 0.1) is 25.7 Å². The van der Waals surface area contributed by atoms with Crippen molar-refractivity contribution >= 4 is 5.97 Å². The fourth-order valence-electron chi connectivity index (χ4n) is 1.40. The molecule has 0 bridgehead atoms. The molecule has 1 fully saturated rings. The van der Waals surface area contributed by atoms with Gasteiger partial charge in [-0.1, -0.05) is 20.8 Å². The van der Waals surface area contributed by atoms with Gasteiger partial charge in [0, 0.05) is 6.54 Å². The molecule has 1 heterocycles. The summed E-state index contributed by atoms with van der Waals surface area (Å²) in [6, 6.07) is 0.155. The molecule has 4 heteroatoms. The van der Waals surface area contributed by atoms with Crippen LogP contribution in [0.3, 0.4) is 0 Å². The minimum atomic E-state index is -0.130. The number of rotatable bonds is 3. The first-order valence-electron chi connectivity index (χ1n) is 5.44. The molecule has 0 aromatic heterocycles. The van der Waals surface area contributed by atoms with E-state index in [1.54, 1.807) is 0 Å². The highest BCUT2D eigenvalue weighted by molar-refractivity contribution is 5.70. The molecule has 0 spiro atoms. The Morgan fingerprint density at radius 3 is 2.80 bits per heavy atom. The first-order chi connectivity index (χ1) is 6.97. The van der Waals surface area contributed by atoms with E-state index in [1.165, 1.54) is 0 Å². The van der Waals surface area contributed by atoms with Gasteiger partial charge >= 0.3 is 5.97 Å². The summed E-state index contributed by atoms with van der Waals surface area (Å²) < 4.78 is 10.4. The van der Waals surface area contributed by atoms with Gasteiger partial charge in [-0.25, -0.2) is 0 Å². The summed E-state index contributed by atoms with van der Waals surface area (Å²) in [5.41, 5.74) is -0.00637. The topological polar surface area (TPSA) is 47.6 Å². The first-order valence-corrected chi connectivity index (χ1v) is 5.44. The number of hydrogen-bond acceptors (Lipinski definition) is 4. The molecule has 0 saturated carbocycles. The number of carbonyl (C=O) groups is 1. The Labute approximate surface area is 91.3 Å². The van der Waals surface area contributed by atoms with E-state index in [9.17, 15) is 4.79 Å². The molecule has 1 rings (SSSR count). The average molecular weight is 215 g/mol. The fraction of sp³-hybridized carbons (Fsp3) is 0.909. The Kier molecular flexibility index (Phi) is 4.54. The monoisotopic (exact) mass is 215 g/mol. The lowest BCUT2D eigenvalue weighted by molar-refractivity contribution is -0.147. The third kappa shape index (κ3) is 5.74. The number of nitrogens with one attached hydrogen (secondary N) is 1. The highest BCUT2D eigenvalue weighted by Gasteiger charge is 2.19. The van der Waals surface area contributed by atoms with Gasteiger partial charge in [-0.2, -0.15) is 0 Å². The average Bonchev–Trinajstić information content (AvgIpc) is 2.14. The molecule has 0 aromatic rings. The van der Waals surface area contributed by atoms with Crippen LogP contribution in [-0.2, 0) is 14.3 Å². The maximum absolute atomic E-state index is 11.4. The van der Waals surface area contributed by atoms with Crippen LogP contribution < -0.4 is 5.32 Å².